The highest BCUT2D eigenvalue weighted by Crippen LogP contribution is 2.63. The van der Waals surface area contributed by atoms with E-state index in [4.69, 9.17) is 18.9 Å². The molecule has 0 saturated heterocycles. The minimum atomic E-state index is -0.849. The standard InChI is InChI=1S/C68H46O8/c1-39(69)73-55-25-17-43-29-51(21-13-47(43)33-55)67(52-22-14-48-34-56(74-40(2)70)26-18-44(48)30-52)63-11-7-5-9-59(63)61-38-66-62(37-65(61)67)60-10-6-8-12-64(60)68(66,53-23-15-49-35-57(75-41(3)71)27-19-45(49)31-53)54-24-16-50-36-58(76-42(4)72)28-20-46(50)32-54/h5-38H,1-4H3. The van der Waals surface area contributed by atoms with Crippen LogP contribution in [0.5, 0.6) is 23.0 Å². The fourth-order valence-electron chi connectivity index (χ4n) is 12.4. The van der Waals surface area contributed by atoms with E-state index in [1.807, 2.05) is 72.8 Å². The van der Waals surface area contributed by atoms with E-state index in [1.165, 1.54) is 27.7 Å². The summed E-state index contributed by atoms with van der Waals surface area (Å²) in [6.07, 6.45) is 0. The van der Waals surface area contributed by atoms with Gasteiger partial charge >= 0.3 is 23.9 Å². The summed E-state index contributed by atoms with van der Waals surface area (Å²) in [6, 6.07) is 71.7. The zero-order valence-corrected chi connectivity index (χ0v) is 41.9. The second-order valence-electron chi connectivity index (χ2n) is 19.8. The van der Waals surface area contributed by atoms with Crippen molar-refractivity contribution in [3.63, 3.8) is 0 Å². The Balaban J connectivity index is 1.11. The largest absolute Gasteiger partial charge is 0.427 e. The Kier molecular flexibility index (Phi) is 10.6. The fraction of sp³-hybridized carbons (Fsp3) is 0.0882. The van der Waals surface area contributed by atoms with E-state index in [0.717, 1.165) is 110 Å². The monoisotopic (exact) mass is 990 g/mol. The Morgan fingerprint density at radius 1 is 0.263 bits per heavy atom. The molecule has 8 heteroatoms. The quantitative estimate of drug-likeness (QED) is 0.109. The molecule has 2 aliphatic rings. The van der Waals surface area contributed by atoms with Crippen LogP contribution in [0.15, 0.2) is 206 Å². The maximum absolute atomic E-state index is 12.0. The van der Waals surface area contributed by atoms with Crippen molar-refractivity contribution in [3.8, 4) is 45.3 Å². The van der Waals surface area contributed by atoms with Crippen LogP contribution in [0, 0.1) is 0 Å². The lowest BCUT2D eigenvalue weighted by Gasteiger charge is -2.36. The lowest BCUT2D eigenvalue weighted by atomic mass is 9.65. The SMILES string of the molecule is CC(=O)Oc1ccc2cc(C3(c4ccc5cc(OC(C)=O)ccc5c4)c4ccccc4-c4cc5c(cc43)-c3ccccc3C5(c3ccc4cc(OC(C)=O)ccc4c3)c3ccc4cc(OC(C)=O)ccc4c3)ccc2c1. The normalized spacial score (nSPS) is 13.4. The first kappa shape index (κ1) is 46.1. The first-order chi connectivity index (χ1) is 36.9. The van der Waals surface area contributed by atoms with Gasteiger partial charge in [-0.2, -0.15) is 0 Å². The number of fused-ring (bicyclic) bond motifs is 10. The molecule has 13 rings (SSSR count). The molecule has 2 aliphatic carbocycles. The van der Waals surface area contributed by atoms with Gasteiger partial charge in [-0.15, -0.1) is 0 Å². The molecule has 0 aliphatic heterocycles. The van der Waals surface area contributed by atoms with E-state index in [1.54, 1.807) is 0 Å². The van der Waals surface area contributed by atoms with Gasteiger partial charge in [0.15, 0.2) is 0 Å². The van der Waals surface area contributed by atoms with Crippen LogP contribution in [0.1, 0.15) is 72.2 Å². The van der Waals surface area contributed by atoms with Gasteiger partial charge in [-0.3, -0.25) is 19.2 Å². The third kappa shape index (κ3) is 7.28. The maximum atomic E-state index is 12.0. The van der Waals surface area contributed by atoms with E-state index in [-0.39, 0.29) is 23.9 Å². The number of benzene rings is 11. The number of rotatable bonds is 8. The maximum Gasteiger partial charge on any atom is 0.308 e. The van der Waals surface area contributed by atoms with Gasteiger partial charge in [0.05, 0.1) is 10.8 Å². The van der Waals surface area contributed by atoms with Gasteiger partial charge < -0.3 is 18.9 Å². The summed E-state index contributed by atoms with van der Waals surface area (Å²) in [5.74, 6) is 0.408. The second-order valence-corrected chi connectivity index (χ2v) is 19.8. The van der Waals surface area contributed by atoms with Gasteiger partial charge in [0.25, 0.3) is 0 Å². The van der Waals surface area contributed by atoms with Gasteiger partial charge in [-0.05, 0) is 195 Å². The summed E-state index contributed by atoms with van der Waals surface area (Å²) in [5, 5.41) is 7.70. The molecule has 0 saturated carbocycles. The van der Waals surface area contributed by atoms with Crippen LogP contribution in [-0.2, 0) is 30.0 Å². The van der Waals surface area contributed by atoms with E-state index in [0.29, 0.717) is 23.0 Å². The van der Waals surface area contributed by atoms with Crippen molar-refractivity contribution in [3.05, 3.63) is 251 Å². The van der Waals surface area contributed by atoms with E-state index >= 15 is 0 Å². The predicted octanol–water partition coefficient (Wildman–Crippen LogP) is 14.7. The van der Waals surface area contributed by atoms with Crippen molar-refractivity contribution in [2.45, 2.75) is 38.5 Å². The molecule has 0 heterocycles. The van der Waals surface area contributed by atoms with Crippen LogP contribution < -0.4 is 18.9 Å². The molecule has 0 amide bonds. The highest BCUT2D eigenvalue weighted by atomic mass is 16.5. The highest BCUT2D eigenvalue weighted by Gasteiger charge is 2.51. The molecule has 366 valence electrons. The Labute approximate surface area is 437 Å². The summed E-state index contributed by atoms with van der Waals surface area (Å²) in [7, 11) is 0. The number of carbonyl (C=O) groups excluding carboxylic acids is 4. The van der Waals surface area contributed by atoms with Crippen molar-refractivity contribution in [2.24, 2.45) is 0 Å². The van der Waals surface area contributed by atoms with Crippen LogP contribution in [0.25, 0.3) is 65.3 Å². The molecule has 0 unspecified atom stereocenters. The summed E-state index contributed by atoms with van der Waals surface area (Å²) < 4.78 is 22.1. The molecule has 0 spiro atoms. The van der Waals surface area contributed by atoms with Gasteiger partial charge in [0.1, 0.15) is 23.0 Å². The Morgan fingerprint density at radius 2 is 0.513 bits per heavy atom. The number of hydrogen-bond acceptors (Lipinski definition) is 8. The third-order valence-electron chi connectivity index (χ3n) is 15.2. The van der Waals surface area contributed by atoms with Crippen LogP contribution in [0.2, 0.25) is 0 Å². The van der Waals surface area contributed by atoms with E-state index < -0.39 is 10.8 Å². The van der Waals surface area contributed by atoms with Crippen molar-refractivity contribution >= 4 is 67.0 Å². The molecule has 0 atom stereocenters. The zero-order valence-electron chi connectivity index (χ0n) is 41.9. The van der Waals surface area contributed by atoms with E-state index in [9.17, 15) is 19.2 Å². The molecule has 0 N–H and O–H groups in total. The van der Waals surface area contributed by atoms with Crippen molar-refractivity contribution < 1.29 is 38.1 Å². The second kappa shape index (κ2) is 17.5. The van der Waals surface area contributed by atoms with Gasteiger partial charge in [-0.1, -0.05) is 121 Å². The number of ether oxygens (including phenoxy) is 4. The van der Waals surface area contributed by atoms with Crippen LogP contribution in [-0.4, -0.2) is 23.9 Å². The first-order valence-corrected chi connectivity index (χ1v) is 25.2. The first-order valence-electron chi connectivity index (χ1n) is 25.2. The minimum absolute atomic E-state index is 0.380. The average Bonchev–Trinajstić information content (AvgIpc) is 4.11. The van der Waals surface area contributed by atoms with Crippen LogP contribution in [0.4, 0.5) is 0 Å². The molecule has 11 aromatic rings. The summed E-state index contributed by atoms with van der Waals surface area (Å²) in [5.41, 5.74) is 11.5. The average molecular weight is 991 g/mol. The van der Waals surface area contributed by atoms with Crippen LogP contribution in [0.3, 0.4) is 0 Å². The number of hydrogen-bond donors (Lipinski definition) is 0. The molecular weight excluding hydrogens is 945 g/mol. The fourth-order valence-corrected chi connectivity index (χ4v) is 12.4. The number of carbonyl (C=O) groups is 4. The molecule has 0 bridgehead atoms. The third-order valence-corrected chi connectivity index (χ3v) is 15.2. The number of esters is 4. The molecule has 76 heavy (non-hydrogen) atoms. The van der Waals surface area contributed by atoms with Gasteiger partial charge in [0.2, 0.25) is 0 Å². The summed E-state index contributed by atoms with van der Waals surface area (Å²) >= 11 is 0. The molecule has 0 radical (unpaired) electrons. The van der Waals surface area contributed by atoms with Crippen molar-refractivity contribution in [2.75, 3.05) is 0 Å². The minimum Gasteiger partial charge on any atom is -0.427 e. The summed E-state index contributed by atoms with van der Waals surface area (Å²) in [6.45, 7) is 5.62. The van der Waals surface area contributed by atoms with E-state index in [2.05, 4.69) is 133 Å². The smallest absolute Gasteiger partial charge is 0.308 e. The Bertz CT molecular complexity index is 3860. The summed E-state index contributed by atoms with van der Waals surface area (Å²) in [4.78, 5) is 48.2. The highest BCUT2D eigenvalue weighted by molar-refractivity contribution is 5.99. The van der Waals surface area contributed by atoms with Crippen molar-refractivity contribution in [1.29, 1.82) is 0 Å². The Hall–Kier alpha value is -9.66. The molecule has 0 aromatic heterocycles. The lowest BCUT2D eigenvalue weighted by molar-refractivity contribution is -0.132. The molecule has 8 nitrogen and oxygen atoms in total. The topological polar surface area (TPSA) is 105 Å². The lowest BCUT2D eigenvalue weighted by Crippen LogP contribution is -2.30. The van der Waals surface area contributed by atoms with Gasteiger partial charge in [-0.25, -0.2) is 0 Å². The van der Waals surface area contributed by atoms with Crippen LogP contribution >= 0.6 is 0 Å². The molecule has 11 aromatic carbocycles. The van der Waals surface area contributed by atoms with Crippen molar-refractivity contribution in [1.82, 2.24) is 0 Å². The Morgan fingerprint density at radius 3 is 0.789 bits per heavy atom. The molecular formula is C68H46O8. The molecule has 0 fully saturated rings. The predicted molar refractivity (Wildman–Crippen MR) is 296 cm³/mol. The zero-order chi connectivity index (χ0) is 52.0. The van der Waals surface area contributed by atoms with Gasteiger partial charge in [0, 0.05) is 27.7 Å².